The minimum absolute atomic E-state index is 0.353. The number of carbonyl (C=O) groups excluding carboxylic acids is 3. The van der Waals surface area contributed by atoms with E-state index in [9.17, 15) is 24.5 Å². The summed E-state index contributed by atoms with van der Waals surface area (Å²) in [4.78, 5) is 49.5. The van der Waals surface area contributed by atoms with Crippen molar-refractivity contribution < 1.29 is 19.3 Å². The molecule has 1 aromatic carbocycles. The van der Waals surface area contributed by atoms with Crippen LogP contribution in [0.5, 0.6) is 0 Å². The molecule has 132 valence electrons. The van der Waals surface area contributed by atoms with E-state index < -0.39 is 34.9 Å². The third-order valence-corrected chi connectivity index (χ3v) is 4.31. The van der Waals surface area contributed by atoms with Gasteiger partial charge in [0.15, 0.2) is 6.04 Å². The first-order valence-corrected chi connectivity index (χ1v) is 7.81. The molecule has 10 heteroatoms. The predicted octanol–water partition coefficient (Wildman–Crippen LogP) is -0.811. The Morgan fingerprint density at radius 3 is 2.36 bits per heavy atom. The first-order valence-electron chi connectivity index (χ1n) is 7.81. The van der Waals surface area contributed by atoms with Crippen molar-refractivity contribution in [2.24, 2.45) is 0 Å². The molecule has 0 aromatic heterocycles. The molecular weight excluding hydrogens is 330 g/mol. The fourth-order valence-corrected chi connectivity index (χ4v) is 3.03. The van der Waals surface area contributed by atoms with Crippen LogP contribution in [0, 0.1) is 10.1 Å². The first kappa shape index (κ1) is 16.7. The van der Waals surface area contributed by atoms with E-state index in [1.165, 1.54) is 4.90 Å². The lowest BCUT2D eigenvalue weighted by Crippen LogP contribution is -2.69. The summed E-state index contributed by atoms with van der Waals surface area (Å²) < 4.78 is 0. The molecule has 0 aliphatic carbocycles. The van der Waals surface area contributed by atoms with E-state index in [0.29, 0.717) is 26.2 Å². The number of imide groups is 1. The average molecular weight is 347 g/mol. The summed E-state index contributed by atoms with van der Waals surface area (Å²) in [5, 5.41) is 15.1. The van der Waals surface area contributed by atoms with Crippen LogP contribution in [0.1, 0.15) is 0 Å². The van der Waals surface area contributed by atoms with Crippen LogP contribution in [0.4, 0.5) is 10.5 Å². The highest BCUT2D eigenvalue weighted by Crippen LogP contribution is 2.17. The van der Waals surface area contributed by atoms with Crippen LogP contribution < -0.4 is 15.5 Å². The highest BCUT2D eigenvalue weighted by atomic mass is 16.6. The minimum atomic E-state index is -1.82. The number of anilines is 1. The molecule has 2 atom stereocenters. The largest absolute Gasteiger partial charge is 0.368 e. The van der Waals surface area contributed by atoms with E-state index in [0.717, 1.165) is 5.69 Å². The Kier molecular flexibility index (Phi) is 4.50. The van der Waals surface area contributed by atoms with Gasteiger partial charge in [-0.15, -0.1) is 0 Å². The van der Waals surface area contributed by atoms with Crippen LogP contribution in [0.3, 0.4) is 0 Å². The topological polar surface area (TPSA) is 125 Å². The van der Waals surface area contributed by atoms with E-state index in [4.69, 9.17) is 0 Å². The van der Waals surface area contributed by atoms with Gasteiger partial charge in [-0.3, -0.25) is 25.0 Å². The van der Waals surface area contributed by atoms with Crippen LogP contribution in [0.25, 0.3) is 0 Å². The smallest absolute Gasteiger partial charge is 0.322 e. The Labute approximate surface area is 142 Å². The Bertz CT molecular complexity index is 702. The number of carbonyl (C=O) groups is 3. The SMILES string of the molecule is O=C1NC(=O)C([N+](=O)[O-])C(C(=O)N2CCN(c3ccccc3)CC2)N1. The maximum Gasteiger partial charge on any atom is 0.322 e. The Hall–Kier alpha value is -3.17. The van der Waals surface area contributed by atoms with Gasteiger partial charge in [0.25, 0.3) is 5.91 Å². The number of piperazine rings is 1. The van der Waals surface area contributed by atoms with E-state index in [1.54, 1.807) is 0 Å². The van der Waals surface area contributed by atoms with Crippen LogP contribution in [0.15, 0.2) is 30.3 Å². The molecule has 2 aliphatic heterocycles. The molecule has 2 unspecified atom stereocenters. The summed E-state index contributed by atoms with van der Waals surface area (Å²) in [6, 6.07) is 5.48. The molecule has 3 rings (SSSR count). The predicted molar refractivity (Wildman–Crippen MR) is 86.5 cm³/mol. The van der Waals surface area contributed by atoms with E-state index in [1.807, 2.05) is 35.6 Å². The summed E-state index contributed by atoms with van der Waals surface area (Å²) in [6.07, 6.45) is 0. The lowest BCUT2D eigenvalue weighted by molar-refractivity contribution is -0.510. The fourth-order valence-electron chi connectivity index (χ4n) is 3.03. The number of nitro groups is 1. The second-order valence-electron chi connectivity index (χ2n) is 5.82. The van der Waals surface area contributed by atoms with Gasteiger partial charge >= 0.3 is 18.0 Å². The quantitative estimate of drug-likeness (QED) is 0.544. The van der Waals surface area contributed by atoms with Gasteiger partial charge in [-0.05, 0) is 12.1 Å². The number of urea groups is 1. The van der Waals surface area contributed by atoms with Crippen LogP contribution in [0.2, 0.25) is 0 Å². The molecule has 2 saturated heterocycles. The van der Waals surface area contributed by atoms with Crippen molar-refractivity contribution in [1.82, 2.24) is 15.5 Å². The maximum absolute atomic E-state index is 12.6. The average Bonchev–Trinajstić information content (AvgIpc) is 2.61. The number of nitrogens with zero attached hydrogens (tertiary/aromatic N) is 3. The van der Waals surface area contributed by atoms with E-state index in [2.05, 4.69) is 10.2 Å². The van der Waals surface area contributed by atoms with Gasteiger partial charge in [0.2, 0.25) is 0 Å². The standard InChI is InChI=1S/C15H17N5O5/c21-13-12(20(24)25)11(16-15(23)17-13)14(22)19-8-6-18(7-9-19)10-4-2-1-3-5-10/h1-5,11-12H,6-9H2,(H2,16,17,21,23). The zero-order chi connectivity index (χ0) is 18.0. The molecule has 2 fully saturated rings. The Balaban J connectivity index is 1.68. The molecule has 25 heavy (non-hydrogen) atoms. The second kappa shape index (κ2) is 6.75. The minimum Gasteiger partial charge on any atom is -0.368 e. The second-order valence-corrected chi connectivity index (χ2v) is 5.82. The van der Waals surface area contributed by atoms with Crippen molar-refractivity contribution in [1.29, 1.82) is 0 Å². The molecule has 0 bridgehead atoms. The van der Waals surface area contributed by atoms with Gasteiger partial charge in [0, 0.05) is 36.8 Å². The number of para-hydroxylation sites is 1. The number of hydrogen-bond acceptors (Lipinski definition) is 6. The zero-order valence-corrected chi connectivity index (χ0v) is 13.3. The van der Waals surface area contributed by atoms with E-state index >= 15 is 0 Å². The number of hydrogen-bond donors (Lipinski definition) is 2. The molecule has 0 spiro atoms. The normalized spacial score (nSPS) is 23.7. The molecular formula is C15H17N5O5. The van der Waals surface area contributed by atoms with Gasteiger partial charge in [0.05, 0.1) is 0 Å². The van der Waals surface area contributed by atoms with Crippen LogP contribution in [-0.2, 0) is 9.59 Å². The highest BCUT2D eigenvalue weighted by molar-refractivity contribution is 6.05. The first-order chi connectivity index (χ1) is 12.0. The fraction of sp³-hybridized carbons (Fsp3) is 0.400. The summed E-state index contributed by atoms with van der Waals surface area (Å²) in [6.45, 7) is 1.83. The molecule has 4 amide bonds. The van der Waals surface area contributed by atoms with Crippen molar-refractivity contribution in [3.8, 4) is 0 Å². The van der Waals surface area contributed by atoms with Gasteiger partial charge < -0.3 is 15.1 Å². The number of amides is 4. The lowest BCUT2D eigenvalue weighted by atomic mass is 10.0. The Morgan fingerprint density at radius 1 is 1.12 bits per heavy atom. The molecule has 2 aliphatic rings. The van der Waals surface area contributed by atoms with Crippen LogP contribution >= 0.6 is 0 Å². The van der Waals surface area contributed by atoms with Crippen molar-refractivity contribution in [2.45, 2.75) is 12.1 Å². The lowest BCUT2D eigenvalue weighted by Gasteiger charge is -2.38. The van der Waals surface area contributed by atoms with Gasteiger partial charge in [-0.1, -0.05) is 18.2 Å². The van der Waals surface area contributed by atoms with Crippen molar-refractivity contribution in [3.05, 3.63) is 40.4 Å². The van der Waals surface area contributed by atoms with E-state index in [-0.39, 0.29) is 0 Å². The molecule has 2 heterocycles. The van der Waals surface area contributed by atoms with Gasteiger partial charge in [-0.2, -0.15) is 0 Å². The van der Waals surface area contributed by atoms with Crippen molar-refractivity contribution in [3.63, 3.8) is 0 Å². The highest BCUT2D eigenvalue weighted by Gasteiger charge is 2.49. The number of benzene rings is 1. The molecule has 10 nitrogen and oxygen atoms in total. The van der Waals surface area contributed by atoms with Crippen molar-refractivity contribution >= 4 is 23.5 Å². The molecule has 0 saturated carbocycles. The van der Waals surface area contributed by atoms with Gasteiger partial charge in [0.1, 0.15) is 0 Å². The monoisotopic (exact) mass is 347 g/mol. The zero-order valence-electron chi connectivity index (χ0n) is 13.3. The summed E-state index contributed by atoms with van der Waals surface area (Å²) in [5.74, 6) is -1.69. The Morgan fingerprint density at radius 2 is 1.76 bits per heavy atom. The molecule has 2 N–H and O–H groups in total. The summed E-state index contributed by atoms with van der Waals surface area (Å²) in [7, 11) is 0. The summed E-state index contributed by atoms with van der Waals surface area (Å²) >= 11 is 0. The molecule has 1 aromatic rings. The number of nitrogens with one attached hydrogen (secondary N) is 2. The maximum atomic E-state index is 12.6. The third kappa shape index (κ3) is 3.37. The summed E-state index contributed by atoms with van der Waals surface area (Å²) in [5.41, 5.74) is 1.03. The van der Waals surface area contributed by atoms with Crippen LogP contribution in [-0.4, -0.2) is 65.9 Å². The molecule has 0 radical (unpaired) electrons. The van der Waals surface area contributed by atoms with Gasteiger partial charge in [-0.25, -0.2) is 4.79 Å². The third-order valence-electron chi connectivity index (χ3n) is 4.31. The van der Waals surface area contributed by atoms with Crippen molar-refractivity contribution in [2.75, 3.05) is 31.1 Å². The number of rotatable bonds is 3.